The van der Waals surface area contributed by atoms with Crippen molar-refractivity contribution >= 4 is 38.6 Å². The maximum absolute atomic E-state index is 12.1. The number of fused-ring (bicyclic) bond motifs is 1. The molecule has 0 amide bonds. The van der Waals surface area contributed by atoms with Crippen LogP contribution in [0.25, 0.3) is 0 Å². The zero-order valence-corrected chi connectivity index (χ0v) is 11.7. The molecular weight excluding hydrogens is 280 g/mol. The number of halogens is 1. The van der Waals surface area contributed by atoms with Crippen LogP contribution in [0.3, 0.4) is 0 Å². The molecule has 0 aromatic heterocycles. The van der Waals surface area contributed by atoms with Crippen molar-refractivity contribution < 1.29 is 8.42 Å². The van der Waals surface area contributed by atoms with E-state index in [1.54, 1.807) is 12.1 Å². The molecule has 1 aromatic carbocycles. The van der Waals surface area contributed by atoms with E-state index in [9.17, 15) is 8.42 Å². The number of aliphatic imine (C=N–C) groups is 1. The van der Waals surface area contributed by atoms with Crippen LogP contribution < -0.4 is 0 Å². The predicted molar refractivity (Wildman–Crippen MR) is 71.1 cm³/mol. The van der Waals surface area contributed by atoms with Crippen LogP contribution in [0.2, 0.25) is 5.02 Å². The summed E-state index contributed by atoms with van der Waals surface area (Å²) in [6, 6.07) is 4.74. The van der Waals surface area contributed by atoms with Crippen molar-refractivity contribution in [1.82, 2.24) is 3.71 Å². The van der Waals surface area contributed by atoms with Gasteiger partial charge < -0.3 is 0 Å². The summed E-state index contributed by atoms with van der Waals surface area (Å²) < 4.78 is 25.4. The summed E-state index contributed by atoms with van der Waals surface area (Å²) in [4.78, 5) is 4.56. The van der Waals surface area contributed by atoms with E-state index in [0.29, 0.717) is 22.2 Å². The smallest absolute Gasteiger partial charge is 0.253 e. The first-order valence-corrected chi connectivity index (χ1v) is 7.57. The van der Waals surface area contributed by atoms with Crippen LogP contribution in [-0.2, 0) is 10.0 Å². The second-order valence-corrected chi connectivity index (χ2v) is 7.15. The van der Waals surface area contributed by atoms with Crippen molar-refractivity contribution in [3.05, 3.63) is 28.8 Å². The van der Waals surface area contributed by atoms with Gasteiger partial charge in [-0.2, -0.15) is 0 Å². The molecule has 0 atom stereocenters. The van der Waals surface area contributed by atoms with E-state index < -0.39 is 10.0 Å². The van der Waals surface area contributed by atoms with Crippen LogP contribution in [0.1, 0.15) is 12.5 Å². The van der Waals surface area contributed by atoms with Crippen molar-refractivity contribution in [2.45, 2.75) is 11.8 Å². The third-order valence-corrected chi connectivity index (χ3v) is 5.72. The van der Waals surface area contributed by atoms with Gasteiger partial charge in [0, 0.05) is 24.2 Å². The molecule has 0 spiro atoms. The fourth-order valence-electron chi connectivity index (χ4n) is 1.51. The number of rotatable bonds is 1. The van der Waals surface area contributed by atoms with E-state index in [-0.39, 0.29) is 4.90 Å². The molecule has 0 saturated heterocycles. The normalized spacial score (nSPS) is 21.5. The Morgan fingerprint density at radius 3 is 2.82 bits per heavy atom. The lowest BCUT2D eigenvalue weighted by molar-refractivity contribution is 0.564. The number of benzene rings is 1. The average molecular weight is 291 g/mol. The molecule has 7 heteroatoms. The van der Waals surface area contributed by atoms with Gasteiger partial charge in [0.2, 0.25) is 0 Å². The zero-order chi connectivity index (χ0) is 12.6. The SMILES string of the molecule is CCN=C1SN(C)S(=O)(=O)c2ccc(Cl)cc21. The van der Waals surface area contributed by atoms with Crippen molar-refractivity contribution in [2.24, 2.45) is 4.99 Å². The second kappa shape index (κ2) is 4.61. The lowest BCUT2D eigenvalue weighted by atomic mass is 10.2. The Kier molecular flexibility index (Phi) is 3.49. The molecule has 17 heavy (non-hydrogen) atoms. The van der Waals surface area contributed by atoms with Gasteiger partial charge in [0.15, 0.2) is 0 Å². The summed E-state index contributed by atoms with van der Waals surface area (Å²) in [5.41, 5.74) is 0.586. The van der Waals surface area contributed by atoms with Crippen molar-refractivity contribution in [3.8, 4) is 0 Å². The fourth-order valence-corrected chi connectivity index (χ4v) is 4.24. The maximum atomic E-state index is 12.1. The quantitative estimate of drug-likeness (QED) is 0.746. The molecule has 0 fully saturated rings. The highest BCUT2D eigenvalue weighted by molar-refractivity contribution is 8.19. The molecule has 92 valence electrons. The Hall–Kier alpha value is -0.560. The molecule has 1 aliphatic rings. The summed E-state index contributed by atoms with van der Waals surface area (Å²) in [5.74, 6) is 0. The molecule has 1 heterocycles. The molecule has 0 bridgehead atoms. The molecule has 1 aromatic rings. The highest BCUT2D eigenvalue weighted by Gasteiger charge is 2.33. The summed E-state index contributed by atoms with van der Waals surface area (Å²) in [5, 5.41) is 1.19. The van der Waals surface area contributed by atoms with E-state index in [1.807, 2.05) is 6.92 Å². The monoisotopic (exact) mass is 290 g/mol. The lowest BCUT2D eigenvalue weighted by Crippen LogP contribution is -2.29. The molecule has 0 aliphatic carbocycles. The molecule has 1 aliphatic heterocycles. The number of hydrogen-bond donors (Lipinski definition) is 0. The summed E-state index contributed by atoms with van der Waals surface area (Å²) in [6.45, 7) is 2.50. The Bertz CT molecular complexity index is 584. The Morgan fingerprint density at radius 2 is 2.18 bits per heavy atom. The van der Waals surface area contributed by atoms with Gasteiger partial charge in [0.05, 0.1) is 4.90 Å². The summed E-state index contributed by atoms with van der Waals surface area (Å²) in [6.07, 6.45) is 0. The summed E-state index contributed by atoms with van der Waals surface area (Å²) >= 11 is 7.00. The molecule has 0 radical (unpaired) electrons. The molecule has 0 unspecified atom stereocenters. The number of sulfonamides is 1. The van der Waals surface area contributed by atoms with E-state index in [1.165, 1.54) is 16.8 Å². The first-order valence-electron chi connectivity index (χ1n) is 4.98. The van der Waals surface area contributed by atoms with Crippen LogP contribution in [0.5, 0.6) is 0 Å². The first-order chi connectivity index (χ1) is 7.96. The van der Waals surface area contributed by atoms with Gasteiger partial charge in [-0.15, -0.1) is 3.71 Å². The van der Waals surface area contributed by atoms with E-state index in [0.717, 1.165) is 11.9 Å². The highest BCUT2D eigenvalue weighted by Crippen LogP contribution is 2.35. The van der Waals surface area contributed by atoms with Crippen molar-refractivity contribution in [2.75, 3.05) is 13.6 Å². The Morgan fingerprint density at radius 1 is 1.47 bits per heavy atom. The van der Waals surface area contributed by atoms with Gasteiger partial charge in [0.1, 0.15) is 5.04 Å². The van der Waals surface area contributed by atoms with E-state index in [4.69, 9.17) is 11.6 Å². The molecular formula is C10H11ClN2O2S2. The molecule has 4 nitrogen and oxygen atoms in total. The zero-order valence-electron chi connectivity index (χ0n) is 9.34. The average Bonchev–Trinajstić information content (AvgIpc) is 2.26. The van der Waals surface area contributed by atoms with Crippen LogP contribution in [0.4, 0.5) is 0 Å². The maximum Gasteiger partial charge on any atom is 0.253 e. The lowest BCUT2D eigenvalue weighted by Gasteiger charge is -2.24. The third kappa shape index (κ3) is 2.22. The Labute approximate surface area is 110 Å². The second-order valence-electron chi connectivity index (χ2n) is 3.43. The van der Waals surface area contributed by atoms with Gasteiger partial charge in [-0.25, -0.2) is 8.42 Å². The number of hydrogen-bond acceptors (Lipinski definition) is 4. The predicted octanol–water partition coefficient (Wildman–Crippen LogP) is 2.39. The molecule has 2 rings (SSSR count). The molecule has 0 saturated carbocycles. The van der Waals surface area contributed by atoms with Gasteiger partial charge in [-0.1, -0.05) is 11.6 Å². The minimum Gasteiger partial charge on any atom is -0.277 e. The van der Waals surface area contributed by atoms with Crippen LogP contribution >= 0.6 is 23.5 Å². The highest BCUT2D eigenvalue weighted by atomic mass is 35.5. The van der Waals surface area contributed by atoms with Crippen LogP contribution in [0, 0.1) is 0 Å². The van der Waals surface area contributed by atoms with Gasteiger partial charge >= 0.3 is 0 Å². The van der Waals surface area contributed by atoms with Crippen molar-refractivity contribution in [3.63, 3.8) is 0 Å². The first kappa shape index (κ1) is 12.9. The van der Waals surface area contributed by atoms with E-state index >= 15 is 0 Å². The van der Waals surface area contributed by atoms with Crippen molar-refractivity contribution in [1.29, 1.82) is 0 Å². The van der Waals surface area contributed by atoms with Gasteiger partial charge in [-0.05, 0) is 37.1 Å². The third-order valence-electron chi connectivity index (χ3n) is 2.31. The minimum atomic E-state index is -3.43. The van der Waals surface area contributed by atoms with Crippen LogP contribution in [-0.4, -0.2) is 30.8 Å². The topological polar surface area (TPSA) is 49.7 Å². The van der Waals surface area contributed by atoms with Crippen LogP contribution in [0.15, 0.2) is 28.1 Å². The standard InChI is InChI=1S/C10H11ClN2O2S2/c1-3-12-10-8-6-7(11)4-5-9(8)17(14,15)13(2)16-10/h4-6H,3H2,1-2H3. The fraction of sp³-hybridized carbons (Fsp3) is 0.300. The van der Waals surface area contributed by atoms with Gasteiger partial charge in [0.25, 0.3) is 10.0 Å². The largest absolute Gasteiger partial charge is 0.277 e. The van der Waals surface area contributed by atoms with Gasteiger partial charge in [-0.3, -0.25) is 4.99 Å². The molecule has 0 N–H and O–H groups in total. The number of nitrogens with zero attached hydrogens (tertiary/aromatic N) is 2. The minimum absolute atomic E-state index is 0.260. The Balaban J connectivity index is 2.72. The van der Waals surface area contributed by atoms with E-state index in [2.05, 4.69) is 4.99 Å². The summed E-state index contributed by atoms with van der Waals surface area (Å²) in [7, 11) is -1.92.